The van der Waals surface area contributed by atoms with Gasteiger partial charge in [0.2, 0.25) is 17.7 Å². The molecule has 31 heavy (non-hydrogen) atoms. The third-order valence-electron chi connectivity index (χ3n) is 5.43. The molecule has 6 heteroatoms. The van der Waals surface area contributed by atoms with Crippen LogP contribution >= 0.6 is 0 Å². The summed E-state index contributed by atoms with van der Waals surface area (Å²) in [5.74, 6) is 0.835. The van der Waals surface area contributed by atoms with E-state index in [-0.39, 0.29) is 12.3 Å². The number of nitrogens with zero attached hydrogens (tertiary/aromatic N) is 3. The normalized spacial score (nSPS) is 11.3. The molecule has 0 unspecified atom stereocenters. The van der Waals surface area contributed by atoms with Crippen molar-refractivity contribution in [3.05, 3.63) is 78.7 Å². The van der Waals surface area contributed by atoms with Crippen molar-refractivity contribution in [1.82, 2.24) is 14.8 Å². The van der Waals surface area contributed by atoms with E-state index in [1.165, 1.54) is 16.4 Å². The summed E-state index contributed by atoms with van der Waals surface area (Å²) in [6, 6.07) is 24.0. The van der Waals surface area contributed by atoms with E-state index in [2.05, 4.69) is 51.3 Å². The number of aromatic nitrogens is 3. The number of carbonyl (C=O) groups is 1. The summed E-state index contributed by atoms with van der Waals surface area (Å²) < 4.78 is 7.97. The lowest BCUT2D eigenvalue weighted by Crippen LogP contribution is -2.12. The fraction of sp³-hybridized carbons (Fsp3) is 0.160. The summed E-state index contributed by atoms with van der Waals surface area (Å²) in [4.78, 5) is 12.5. The molecule has 0 aliphatic carbocycles. The quantitative estimate of drug-likeness (QED) is 0.405. The Labute approximate surface area is 179 Å². The number of anilines is 1. The van der Waals surface area contributed by atoms with E-state index in [0.29, 0.717) is 18.2 Å². The highest BCUT2D eigenvalue weighted by atomic mass is 16.4. The van der Waals surface area contributed by atoms with Crippen LogP contribution in [0.1, 0.15) is 19.2 Å². The van der Waals surface area contributed by atoms with Crippen molar-refractivity contribution in [2.75, 3.05) is 5.32 Å². The minimum Gasteiger partial charge on any atom is -0.421 e. The molecule has 0 saturated carbocycles. The molecule has 0 radical (unpaired) electrons. The maximum absolute atomic E-state index is 12.5. The van der Waals surface area contributed by atoms with Gasteiger partial charge in [-0.1, -0.05) is 36.4 Å². The van der Waals surface area contributed by atoms with Crippen LogP contribution in [0.4, 0.5) is 5.69 Å². The number of hydrogen-bond donors (Lipinski definition) is 1. The van der Waals surface area contributed by atoms with Gasteiger partial charge in [0.05, 0.1) is 0 Å². The molecule has 2 aromatic heterocycles. The number of fused-ring (bicyclic) bond motifs is 3. The molecule has 1 amide bonds. The highest BCUT2D eigenvalue weighted by molar-refractivity contribution is 6.09. The second kappa shape index (κ2) is 8.07. The van der Waals surface area contributed by atoms with E-state index < -0.39 is 0 Å². The summed E-state index contributed by atoms with van der Waals surface area (Å²) in [5, 5.41) is 13.5. The van der Waals surface area contributed by atoms with Gasteiger partial charge in [-0.3, -0.25) is 4.79 Å². The van der Waals surface area contributed by atoms with Gasteiger partial charge in [0, 0.05) is 52.4 Å². The zero-order chi connectivity index (χ0) is 21.2. The first-order chi connectivity index (χ1) is 15.2. The van der Waals surface area contributed by atoms with Gasteiger partial charge in [-0.05, 0) is 43.3 Å². The van der Waals surface area contributed by atoms with E-state index in [9.17, 15) is 4.79 Å². The topological polar surface area (TPSA) is 73.0 Å². The fourth-order valence-electron chi connectivity index (χ4n) is 3.97. The SMILES string of the molecule is CCn1c2ccccc2c2cc(NC(=O)CCc3nnc(-c4ccccc4)o3)ccc21. The first kappa shape index (κ1) is 19.1. The number of nitrogens with one attached hydrogen (secondary N) is 1. The summed E-state index contributed by atoms with van der Waals surface area (Å²) in [5.41, 5.74) is 4.02. The highest BCUT2D eigenvalue weighted by Gasteiger charge is 2.13. The van der Waals surface area contributed by atoms with Crippen LogP contribution in [0.2, 0.25) is 0 Å². The Kier molecular flexibility index (Phi) is 4.96. The van der Waals surface area contributed by atoms with Crippen LogP contribution < -0.4 is 5.32 Å². The maximum atomic E-state index is 12.5. The first-order valence-electron chi connectivity index (χ1n) is 10.4. The van der Waals surface area contributed by atoms with E-state index in [1.807, 2.05) is 48.5 Å². The van der Waals surface area contributed by atoms with Gasteiger partial charge in [0.1, 0.15) is 0 Å². The molecule has 3 aromatic carbocycles. The molecule has 0 bridgehead atoms. The zero-order valence-electron chi connectivity index (χ0n) is 17.2. The predicted octanol–water partition coefficient (Wildman–Crippen LogP) is 5.44. The van der Waals surface area contributed by atoms with Gasteiger partial charge in [-0.2, -0.15) is 0 Å². The molecule has 0 fully saturated rings. The van der Waals surface area contributed by atoms with Crippen LogP contribution in [-0.4, -0.2) is 20.7 Å². The number of carbonyl (C=O) groups excluding carboxylic acids is 1. The molecule has 0 spiro atoms. The van der Waals surface area contributed by atoms with Crippen LogP contribution in [0.15, 0.2) is 77.2 Å². The van der Waals surface area contributed by atoms with Crippen molar-refractivity contribution in [1.29, 1.82) is 0 Å². The Morgan fingerprint density at radius 1 is 0.935 bits per heavy atom. The largest absolute Gasteiger partial charge is 0.421 e. The number of para-hydroxylation sites is 1. The van der Waals surface area contributed by atoms with E-state index in [1.54, 1.807) is 0 Å². The fourth-order valence-corrected chi connectivity index (χ4v) is 3.97. The summed E-state index contributed by atoms with van der Waals surface area (Å²) in [6.07, 6.45) is 0.661. The van der Waals surface area contributed by atoms with Gasteiger partial charge in [0.15, 0.2) is 0 Å². The third-order valence-corrected chi connectivity index (χ3v) is 5.43. The molecule has 0 atom stereocenters. The minimum absolute atomic E-state index is 0.0851. The molecule has 1 N–H and O–H groups in total. The lowest BCUT2D eigenvalue weighted by atomic mass is 10.1. The average Bonchev–Trinajstić information content (AvgIpc) is 3.41. The molecule has 6 nitrogen and oxygen atoms in total. The van der Waals surface area contributed by atoms with Crippen molar-refractivity contribution >= 4 is 33.4 Å². The monoisotopic (exact) mass is 410 g/mol. The Hall–Kier alpha value is -3.93. The lowest BCUT2D eigenvalue weighted by Gasteiger charge is -2.06. The van der Waals surface area contributed by atoms with Crippen molar-refractivity contribution in [3.8, 4) is 11.5 Å². The molecule has 5 rings (SSSR count). The van der Waals surface area contributed by atoms with Crippen LogP contribution in [0.5, 0.6) is 0 Å². The summed E-state index contributed by atoms with van der Waals surface area (Å²) in [6.45, 7) is 3.03. The van der Waals surface area contributed by atoms with Gasteiger partial charge < -0.3 is 14.3 Å². The van der Waals surface area contributed by atoms with E-state index in [0.717, 1.165) is 23.2 Å². The summed E-state index contributed by atoms with van der Waals surface area (Å²) in [7, 11) is 0. The highest BCUT2D eigenvalue weighted by Crippen LogP contribution is 2.31. The predicted molar refractivity (Wildman–Crippen MR) is 122 cm³/mol. The van der Waals surface area contributed by atoms with E-state index in [4.69, 9.17) is 4.42 Å². The van der Waals surface area contributed by atoms with Crippen LogP contribution in [0, 0.1) is 0 Å². The number of amides is 1. The van der Waals surface area contributed by atoms with E-state index >= 15 is 0 Å². The van der Waals surface area contributed by atoms with Crippen molar-refractivity contribution in [2.24, 2.45) is 0 Å². The Bertz CT molecular complexity index is 1370. The molecule has 0 aliphatic heterocycles. The molecule has 0 aliphatic rings. The average molecular weight is 410 g/mol. The molecular formula is C25H22N4O2. The van der Waals surface area contributed by atoms with Crippen molar-refractivity contribution < 1.29 is 9.21 Å². The van der Waals surface area contributed by atoms with Gasteiger partial charge >= 0.3 is 0 Å². The zero-order valence-corrected chi connectivity index (χ0v) is 17.2. The van der Waals surface area contributed by atoms with Gasteiger partial charge in [-0.25, -0.2) is 0 Å². The number of benzene rings is 3. The second-order valence-electron chi connectivity index (χ2n) is 7.41. The van der Waals surface area contributed by atoms with Crippen LogP contribution in [0.25, 0.3) is 33.3 Å². The van der Waals surface area contributed by atoms with Gasteiger partial charge in [0.25, 0.3) is 0 Å². The Morgan fingerprint density at radius 3 is 2.55 bits per heavy atom. The smallest absolute Gasteiger partial charge is 0.247 e. The first-order valence-corrected chi connectivity index (χ1v) is 10.4. The molecule has 5 aromatic rings. The van der Waals surface area contributed by atoms with Crippen LogP contribution in [0.3, 0.4) is 0 Å². The molecule has 2 heterocycles. The lowest BCUT2D eigenvalue weighted by molar-refractivity contribution is -0.116. The second-order valence-corrected chi connectivity index (χ2v) is 7.41. The third kappa shape index (κ3) is 3.68. The standard InChI is InChI=1S/C25H22N4O2/c1-2-29-21-11-7-6-10-19(21)20-16-18(12-13-22(20)29)26-23(30)14-15-24-27-28-25(31-24)17-8-4-3-5-9-17/h3-13,16H,2,14-15H2,1H3,(H,26,30). The number of hydrogen-bond acceptors (Lipinski definition) is 4. The summed E-state index contributed by atoms with van der Waals surface area (Å²) >= 11 is 0. The van der Waals surface area contributed by atoms with Gasteiger partial charge in [-0.15, -0.1) is 10.2 Å². The number of rotatable bonds is 6. The van der Waals surface area contributed by atoms with Crippen molar-refractivity contribution in [2.45, 2.75) is 26.3 Å². The Morgan fingerprint density at radius 2 is 1.71 bits per heavy atom. The maximum Gasteiger partial charge on any atom is 0.247 e. The molecular weight excluding hydrogens is 388 g/mol. The van der Waals surface area contributed by atoms with Crippen LogP contribution in [-0.2, 0) is 17.8 Å². The molecule has 0 saturated heterocycles. The number of aryl methyl sites for hydroxylation is 2. The molecule has 154 valence electrons. The van der Waals surface area contributed by atoms with Crippen molar-refractivity contribution in [3.63, 3.8) is 0 Å². The minimum atomic E-state index is -0.0851. The Balaban J connectivity index is 1.30.